The Balaban J connectivity index is 1.47. The highest BCUT2D eigenvalue weighted by atomic mass is 16.2. The third-order valence-electron chi connectivity index (χ3n) is 4.53. The standard InChI is InChI=1S/C17H23N3O2/c21-16(20-11-10-13-6-4-5-9-15(13)20)12-18-17(22)19-14-7-2-1-3-8-14/h4-6,9,14H,1-3,7-8,10-12H2,(H2,18,19,22). The molecule has 3 rings (SSSR count). The molecule has 2 N–H and O–H groups in total. The molecule has 1 aliphatic heterocycles. The van der Waals surface area contributed by atoms with Crippen LogP contribution in [0.5, 0.6) is 0 Å². The molecule has 0 saturated heterocycles. The lowest BCUT2D eigenvalue weighted by atomic mass is 9.96. The van der Waals surface area contributed by atoms with E-state index in [0.29, 0.717) is 6.54 Å². The summed E-state index contributed by atoms with van der Waals surface area (Å²) in [4.78, 5) is 25.9. The topological polar surface area (TPSA) is 61.4 Å². The van der Waals surface area contributed by atoms with E-state index in [-0.39, 0.29) is 24.5 Å². The van der Waals surface area contributed by atoms with Gasteiger partial charge in [-0.15, -0.1) is 0 Å². The highest BCUT2D eigenvalue weighted by Crippen LogP contribution is 2.27. The van der Waals surface area contributed by atoms with E-state index < -0.39 is 0 Å². The molecule has 0 spiro atoms. The van der Waals surface area contributed by atoms with Crippen molar-refractivity contribution in [3.05, 3.63) is 29.8 Å². The smallest absolute Gasteiger partial charge is 0.315 e. The predicted molar refractivity (Wildman–Crippen MR) is 85.9 cm³/mol. The fourth-order valence-electron chi connectivity index (χ4n) is 3.33. The fraction of sp³-hybridized carbons (Fsp3) is 0.529. The number of benzene rings is 1. The van der Waals surface area contributed by atoms with Crippen molar-refractivity contribution in [3.63, 3.8) is 0 Å². The summed E-state index contributed by atoms with van der Waals surface area (Å²) in [5.74, 6) is -0.0521. The second kappa shape index (κ2) is 6.81. The van der Waals surface area contributed by atoms with Gasteiger partial charge < -0.3 is 15.5 Å². The summed E-state index contributed by atoms with van der Waals surface area (Å²) in [7, 11) is 0. The summed E-state index contributed by atoms with van der Waals surface area (Å²) >= 11 is 0. The molecule has 5 heteroatoms. The van der Waals surface area contributed by atoms with Crippen molar-refractivity contribution in [3.8, 4) is 0 Å². The molecule has 3 amide bonds. The van der Waals surface area contributed by atoms with E-state index in [1.54, 1.807) is 4.90 Å². The molecule has 1 saturated carbocycles. The van der Waals surface area contributed by atoms with E-state index in [0.717, 1.165) is 24.9 Å². The highest BCUT2D eigenvalue weighted by molar-refractivity contribution is 5.98. The highest BCUT2D eigenvalue weighted by Gasteiger charge is 2.24. The number of fused-ring (bicyclic) bond motifs is 1. The summed E-state index contributed by atoms with van der Waals surface area (Å²) in [5, 5.41) is 5.66. The Hall–Kier alpha value is -2.04. The van der Waals surface area contributed by atoms with Crippen LogP contribution in [-0.2, 0) is 11.2 Å². The first-order valence-corrected chi connectivity index (χ1v) is 8.16. The van der Waals surface area contributed by atoms with Crippen LogP contribution in [0.2, 0.25) is 0 Å². The number of para-hydroxylation sites is 1. The molecular weight excluding hydrogens is 278 g/mol. The van der Waals surface area contributed by atoms with Crippen LogP contribution in [0, 0.1) is 0 Å². The van der Waals surface area contributed by atoms with Gasteiger partial charge in [0.15, 0.2) is 0 Å². The van der Waals surface area contributed by atoms with Crippen LogP contribution >= 0.6 is 0 Å². The van der Waals surface area contributed by atoms with Crippen LogP contribution in [-0.4, -0.2) is 31.1 Å². The van der Waals surface area contributed by atoms with Crippen molar-refractivity contribution in [2.45, 2.75) is 44.6 Å². The van der Waals surface area contributed by atoms with Crippen molar-refractivity contribution in [2.24, 2.45) is 0 Å². The largest absolute Gasteiger partial charge is 0.335 e. The zero-order valence-electron chi connectivity index (χ0n) is 12.8. The number of hydrogen-bond acceptors (Lipinski definition) is 2. The number of amides is 3. The third-order valence-corrected chi connectivity index (χ3v) is 4.53. The van der Waals surface area contributed by atoms with E-state index in [2.05, 4.69) is 10.6 Å². The van der Waals surface area contributed by atoms with Gasteiger partial charge in [-0.2, -0.15) is 0 Å². The van der Waals surface area contributed by atoms with Crippen LogP contribution in [0.4, 0.5) is 10.5 Å². The Morgan fingerprint density at radius 2 is 1.91 bits per heavy atom. The van der Waals surface area contributed by atoms with Gasteiger partial charge in [-0.3, -0.25) is 4.79 Å². The first kappa shape index (κ1) is 14.9. The zero-order chi connectivity index (χ0) is 15.4. The van der Waals surface area contributed by atoms with Gasteiger partial charge >= 0.3 is 6.03 Å². The number of nitrogens with zero attached hydrogens (tertiary/aromatic N) is 1. The molecular formula is C17H23N3O2. The van der Waals surface area contributed by atoms with E-state index in [1.807, 2.05) is 24.3 Å². The van der Waals surface area contributed by atoms with Crippen LogP contribution in [0.15, 0.2) is 24.3 Å². The molecule has 0 atom stereocenters. The maximum Gasteiger partial charge on any atom is 0.315 e. The lowest BCUT2D eigenvalue weighted by Crippen LogP contribution is -2.46. The van der Waals surface area contributed by atoms with Crippen molar-refractivity contribution in [1.82, 2.24) is 10.6 Å². The monoisotopic (exact) mass is 301 g/mol. The molecule has 0 unspecified atom stereocenters. The number of hydrogen-bond donors (Lipinski definition) is 2. The molecule has 1 fully saturated rings. The molecule has 1 heterocycles. The summed E-state index contributed by atoms with van der Waals surface area (Å²) in [5.41, 5.74) is 2.17. The fourth-order valence-corrected chi connectivity index (χ4v) is 3.33. The van der Waals surface area contributed by atoms with Gasteiger partial charge in [0.2, 0.25) is 5.91 Å². The van der Waals surface area contributed by atoms with Crippen LogP contribution in [0.3, 0.4) is 0 Å². The summed E-state index contributed by atoms with van der Waals surface area (Å²) in [6, 6.07) is 7.97. The molecule has 118 valence electrons. The lowest BCUT2D eigenvalue weighted by molar-refractivity contribution is -0.117. The molecule has 1 aliphatic carbocycles. The third kappa shape index (κ3) is 3.40. The minimum absolute atomic E-state index is 0.0485. The van der Waals surface area contributed by atoms with Crippen LogP contribution in [0.25, 0.3) is 0 Å². The van der Waals surface area contributed by atoms with E-state index in [9.17, 15) is 9.59 Å². The zero-order valence-corrected chi connectivity index (χ0v) is 12.8. The summed E-state index contributed by atoms with van der Waals surface area (Å²) in [6.07, 6.45) is 6.58. The molecule has 22 heavy (non-hydrogen) atoms. The molecule has 1 aromatic carbocycles. The Kier molecular flexibility index (Phi) is 4.61. The maximum atomic E-state index is 12.3. The number of anilines is 1. The quantitative estimate of drug-likeness (QED) is 0.899. The number of carbonyl (C=O) groups excluding carboxylic acids is 2. The Morgan fingerprint density at radius 3 is 2.73 bits per heavy atom. The number of urea groups is 1. The Bertz CT molecular complexity index is 553. The van der Waals surface area contributed by atoms with Crippen molar-refractivity contribution in [1.29, 1.82) is 0 Å². The van der Waals surface area contributed by atoms with Gasteiger partial charge in [0.1, 0.15) is 0 Å². The Morgan fingerprint density at radius 1 is 1.14 bits per heavy atom. The van der Waals surface area contributed by atoms with Crippen molar-refractivity contribution < 1.29 is 9.59 Å². The maximum absolute atomic E-state index is 12.3. The van der Waals surface area contributed by atoms with E-state index in [4.69, 9.17) is 0 Å². The molecule has 0 radical (unpaired) electrons. The Labute approximate surface area is 131 Å². The molecule has 0 bridgehead atoms. The van der Waals surface area contributed by atoms with Gasteiger partial charge in [-0.05, 0) is 30.9 Å². The van der Waals surface area contributed by atoms with Gasteiger partial charge in [0.25, 0.3) is 0 Å². The van der Waals surface area contributed by atoms with Gasteiger partial charge in [0.05, 0.1) is 6.54 Å². The van der Waals surface area contributed by atoms with Crippen molar-refractivity contribution in [2.75, 3.05) is 18.0 Å². The number of rotatable bonds is 3. The average Bonchev–Trinajstić information content (AvgIpc) is 2.98. The normalized spacial score (nSPS) is 17.9. The predicted octanol–water partition coefficient (Wildman–Crippen LogP) is 2.21. The van der Waals surface area contributed by atoms with Crippen molar-refractivity contribution >= 4 is 17.6 Å². The van der Waals surface area contributed by atoms with Crippen LogP contribution < -0.4 is 15.5 Å². The lowest BCUT2D eigenvalue weighted by Gasteiger charge is -2.23. The number of nitrogens with one attached hydrogen (secondary N) is 2. The molecule has 0 aromatic heterocycles. The minimum atomic E-state index is -0.229. The minimum Gasteiger partial charge on any atom is -0.335 e. The van der Waals surface area contributed by atoms with E-state index >= 15 is 0 Å². The summed E-state index contributed by atoms with van der Waals surface area (Å²) in [6.45, 7) is 0.747. The first-order chi connectivity index (χ1) is 10.7. The summed E-state index contributed by atoms with van der Waals surface area (Å²) < 4.78 is 0. The second-order valence-corrected chi connectivity index (χ2v) is 6.09. The SMILES string of the molecule is O=C(NCC(=O)N1CCc2ccccc21)NC1CCCCC1. The van der Waals surface area contributed by atoms with Gasteiger partial charge in [0, 0.05) is 18.3 Å². The van der Waals surface area contributed by atoms with Gasteiger partial charge in [-0.25, -0.2) is 4.79 Å². The average molecular weight is 301 g/mol. The van der Waals surface area contributed by atoms with Gasteiger partial charge in [-0.1, -0.05) is 37.5 Å². The molecule has 1 aromatic rings. The molecule has 5 nitrogen and oxygen atoms in total. The number of carbonyl (C=O) groups is 2. The second-order valence-electron chi connectivity index (χ2n) is 6.09. The van der Waals surface area contributed by atoms with E-state index in [1.165, 1.54) is 24.8 Å². The van der Waals surface area contributed by atoms with Crippen LogP contribution in [0.1, 0.15) is 37.7 Å². The first-order valence-electron chi connectivity index (χ1n) is 8.16. The molecule has 2 aliphatic rings.